The second-order valence-corrected chi connectivity index (χ2v) is 3.84. The quantitative estimate of drug-likeness (QED) is 0.610. The van der Waals surface area contributed by atoms with Gasteiger partial charge in [0.1, 0.15) is 5.56 Å². The van der Waals surface area contributed by atoms with E-state index in [-0.39, 0.29) is 0 Å². The summed E-state index contributed by atoms with van der Waals surface area (Å²) in [6.07, 6.45) is -4.71. The lowest BCUT2D eigenvalue weighted by Gasteiger charge is -2.12. The maximum absolute atomic E-state index is 12.5. The maximum atomic E-state index is 12.5. The highest BCUT2D eigenvalue weighted by atomic mass is 19.4. The Bertz CT molecular complexity index is 430. The molecule has 0 radical (unpaired) electrons. The van der Waals surface area contributed by atoms with Crippen molar-refractivity contribution in [2.45, 2.75) is 12.7 Å². The van der Waals surface area contributed by atoms with E-state index < -0.39 is 22.4 Å². The zero-order chi connectivity index (χ0) is 13.2. The van der Waals surface area contributed by atoms with Gasteiger partial charge in [-0.1, -0.05) is 6.07 Å². The van der Waals surface area contributed by atoms with Crippen LogP contribution < -0.4 is 0 Å². The summed E-state index contributed by atoms with van der Waals surface area (Å²) in [6, 6.07) is 2.95. The van der Waals surface area contributed by atoms with Crippen LogP contribution in [0, 0.1) is 10.1 Å². The number of nitrogens with zero attached hydrogens (tertiary/aromatic N) is 2. The van der Waals surface area contributed by atoms with E-state index in [2.05, 4.69) is 0 Å². The molecule has 1 aromatic carbocycles. The predicted octanol–water partition coefficient (Wildman–Crippen LogP) is 2.68. The van der Waals surface area contributed by atoms with Gasteiger partial charge in [-0.25, -0.2) is 0 Å². The SMILES string of the molecule is CN(C)Cc1ccc(C(F)(F)F)c([N+](=O)[O-])c1. The molecule has 4 nitrogen and oxygen atoms in total. The van der Waals surface area contributed by atoms with Gasteiger partial charge in [0.2, 0.25) is 0 Å². The van der Waals surface area contributed by atoms with E-state index in [1.807, 2.05) is 0 Å². The third kappa shape index (κ3) is 3.42. The molecule has 1 rings (SSSR count). The third-order valence-electron chi connectivity index (χ3n) is 2.06. The van der Waals surface area contributed by atoms with Gasteiger partial charge >= 0.3 is 6.18 Å². The van der Waals surface area contributed by atoms with Crippen molar-refractivity contribution in [1.29, 1.82) is 0 Å². The summed E-state index contributed by atoms with van der Waals surface area (Å²) in [5, 5.41) is 10.6. The van der Waals surface area contributed by atoms with E-state index in [0.717, 1.165) is 12.1 Å². The molecule has 0 aliphatic heterocycles. The van der Waals surface area contributed by atoms with Crippen LogP contribution in [0.2, 0.25) is 0 Å². The van der Waals surface area contributed by atoms with Crippen LogP contribution in [0.1, 0.15) is 11.1 Å². The Hall–Kier alpha value is -1.63. The fourth-order valence-corrected chi connectivity index (χ4v) is 1.43. The monoisotopic (exact) mass is 248 g/mol. The molecule has 0 atom stereocenters. The first-order valence-electron chi connectivity index (χ1n) is 4.71. The van der Waals surface area contributed by atoms with Gasteiger partial charge in [-0.3, -0.25) is 10.1 Å². The zero-order valence-electron chi connectivity index (χ0n) is 9.28. The fraction of sp³-hybridized carbons (Fsp3) is 0.400. The Morgan fingerprint density at radius 1 is 1.35 bits per heavy atom. The molecule has 0 saturated heterocycles. The Balaban J connectivity index is 3.23. The molecule has 7 heteroatoms. The van der Waals surface area contributed by atoms with Crippen LogP contribution in [0.25, 0.3) is 0 Å². The number of nitro groups is 1. The topological polar surface area (TPSA) is 46.4 Å². The highest BCUT2D eigenvalue weighted by Gasteiger charge is 2.38. The molecule has 94 valence electrons. The number of hydrogen-bond donors (Lipinski definition) is 0. The number of halogens is 3. The first-order valence-corrected chi connectivity index (χ1v) is 4.71. The van der Waals surface area contributed by atoms with Gasteiger partial charge in [0, 0.05) is 12.6 Å². The van der Waals surface area contributed by atoms with Gasteiger partial charge in [0.05, 0.1) is 4.92 Å². The molecule has 0 N–H and O–H groups in total. The highest BCUT2D eigenvalue weighted by Crippen LogP contribution is 2.36. The Morgan fingerprint density at radius 2 is 1.94 bits per heavy atom. The normalized spacial score (nSPS) is 11.9. The van der Waals surface area contributed by atoms with Gasteiger partial charge in [-0.05, 0) is 25.7 Å². The van der Waals surface area contributed by atoms with Crippen LogP contribution in [-0.2, 0) is 12.7 Å². The molecule has 0 saturated carbocycles. The Morgan fingerprint density at radius 3 is 2.35 bits per heavy atom. The zero-order valence-corrected chi connectivity index (χ0v) is 9.28. The molecular formula is C10H11F3N2O2. The molecular weight excluding hydrogens is 237 g/mol. The molecule has 0 heterocycles. The first-order chi connectivity index (χ1) is 7.71. The van der Waals surface area contributed by atoms with Gasteiger partial charge in [0.15, 0.2) is 0 Å². The molecule has 0 aliphatic carbocycles. The van der Waals surface area contributed by atoms with Gasteiger partial charge in [-0.15, -0.1) is 0 Å². The van der Waals surface area contributed by atoms with E-state index >= 15 is 0 Å². The minimum atomic E-state index is -4.71. The van der Waals surface area contributed by atoms with E-state index in [1.165, 1.54) is 6.07 Å². The summed E-state index contributed by atoms with van der Waals surface area (Å²) in [5.41, 5.74) is -1.66. The highest BCUT2D eigenvalue weighted by molar-refractivity contribution is 5.45. The summed E-state index contributed by atoms with van der Waals surface area (Å²) in [6.45, 7) is 0.346. The average molecular weight is 248 g/mol. The largest absolute Gasteiger partial charge is 0.422 e. The standard InChI is InChI=1S/C10H11F3N2O2/c1-14(2)6-7-3-4-8(10(11,12)13)9(5-7)15(16)17/h3-5H,6H2,1-2H3. The minimum absolute atomic E-state index is 0.346. The van der Waals surface area contributed by atoms with Crippen molar-refractivity contribution in [2.75, 3.05) is 14.1 Å². The molecule has 0 bridgehead atoms. The summed E-state index contributed by atoms with van der Waals surface area (Å²) >= 11 is 0. The molecule has 17 heavy (non-hydrogen) atoms. The number of benzene rings is 1. The Kier molecular flexibility index (Phi) is 3.72. The van der Waals surface area contributed by atoms with Crippen LogP contribution >= 0.6 is 0 Å². The third-order valence-corrected chi connectivity index (χ3v) is 2.06. The number of hydrogen-bond acceptors (Lipinski definition) is 3. The molecule has 0 spiro atoms. The molecule has 0 fully saturated rings. The lowest BCUT2D eigenvalue weighted by Crippen LogP contribution is -2.13. The lowest BCUT2D eigenvalue weighted by atomic mass is 10.1. The summed E-state index contributed by atoms with van der Waals surface area (Å²) in [7, 11) is 3.45. The minimum Gasteiger partial charge on any atom is -0.305 e. The fourth-order valence-electron chi connectivity index (χ4n) is 1.43. The lowest BCUT2D eigenvalue weighted by molar-refractivity contribution is -0.388. The molecule has 1 aromatic rings. The Labute approximate surface area is 95.8 Å². The van der Waals surface area contributed by atoms with Crippen LogP contribution in [0.4, 0.5) is 18.9 Å². The van der Waals surface area contributed by atoms with Crippen LogP contribution in [-0.4, -0.2) is 23.9 Å². The summed E-state index contributed by atoms with van der Waals surface area (Å²) < 4.78 is 37.5. The van der Waals surface area contributed by atoms with E-state index in [9.17, 15) is 23.3 Å². The van der Waals surface area contributed by atoms with Crippen molar-refractivity contribution in [3.8, 4) is 0 Å². The number of alkyl halides is 3. The van der Waals surface area contributed by atoms with Crippen LogP contribution in [0.3, 0.4) is 0 Å². The van der Waals surface area contributed by atoms with E-state index in [1.54, 1.807) is 19.0 Å². The van der Waals surface area contributed by atoms with E-state index in [0.29, 0.717) is 12.1 Å². The van der Waals surface area contributed by atoms with Crippen molar-refractivity contribution in [3.05, 3.63) is 39.4 Å². The number of rotatable bonds is 3. The molecule has 0 aromatic heterocycles. The molecule has 0 amide bonds. The van der Waals surface area contributed by atoms with Gasteiger partial charge < -0.3 is 4.90 Å². The van der Waals surface area contributed by atoms with Crippen molar-refractivity contribution >= 4 is 5.69 Å². The van der Waals surface area contributed by atoms with Crippen LogP contribution in [0.5, 0.6) is 0 Å². The van der Waals surface area contributed by atoms with Crippen molar-refractivity contribution in [2.24, 2.45) is 0 Å². The van der Waals surface area contributed by atoms with Crippen molar-refractivity contribution in [1.82, 2.24) is 4.90 Å². The second kappa shape index (κ2) is 4.70. The average Bonchev–Trinajstić information content (AvgIpc) is 2.14. The van der Waals surface area contributed by atoms with Gasteiger partial charge in [0.25, 0.3) is 5.69 Å². The van der Waals surface area contributed by atoms with E-state index in [4.69, 9.17) is 0 Å². The summed E-state index contributed by atoms with van der Waals surface area (Å²) in [5.74, 6) is 0. The van der Waals surface area contributed by atoms with Crippen molar-refractivity contribution in [3.63, 3.8) is 0 Å². The van der Waals surface area contributed by atoms with Crippen molar-refractivity contribution < 1.29 is 18.1 Å². The van der Waals surface area contributed by atoms with Crippen LogP contribution in [0.15, 0.2) is 18.2 Å². The second-order valence-electron chi connectivity index (χ2n) is 3.84. The molecule has 0 aliphatic rings. The molecule has 0 unspecified atom stereocenters. The van der Waals surface area contributed by atoms with Gasteiger partial charge in [-0.2, -0.15) is 13.2 Å². The predicted molar refractivity (Wildman–Crippen MR) is 55.5 cm³/mol. The maximum Gasteiger partial charge on any atom is 0.422 e. The number of nitro benzene ring substituents is 1. The summed E-state index contributed by atoms with van der Waals surface area (Å²) in [4.78, 5) is 11.3. The smallest absolute Gasteiger partial charge is 0.305 e. The first kappa shape index (κ1) is 13.4.